The third kappa shape index (κ3) is 4.59. The number of H-pyrrole nitrogens is 1. The lowest BCUT2D eigenvalue weighted by Crippen LogP contribution is -2.47. The van der Waals surface area contributed by atoms with Crippen LogP contribution in [0.5, 0.6) is 17.2 Å². The van der Waals surface area contributed by atoms with Gasteiger partial charge >= 0.3 is 0 Å². The lowest BCUT2D eigenvalue weighted by molar-refractivity contribution is 0.259. The molecule has 8 nitrogen and oxygen atoms in total. The maximum absolute atomic E-state index is 12.5. The molecule has 1 aromatic heterocycles. The Morgan fingerprint density at radius 2 is 1.61 bits per heavy atom. The zero-order valence-electron chi connectivity index (χ0n) is 18.2. The monoisotopic (exact) mass is 424 g/mol. The molecule has 1 aliphatic heterocycles. The summed E-state index contributed by atoms with van der Waals surface area (Å²) >= 11 is 0. The Hall–Kier alpha value is -3.26. The van der Waals surface area contributed by atoms with Crippen LogP contribution < -0.4 is 24.7 Å². The first-order valence-electron chi connectivity index (χ1n) is 10.4. The molecule has 2 aromatic carbocycles. The van der Waals surface area contributed by atoms with E-state index in [9.17, 15) is 4.79 Å². The zero-order chi connectivity index (χ0) is 21.8. The van der Waals surface area contributed by atoms with Crippen LogP contribution in [0.4, 0.5) is 5.69 Å². The molecule has 2 heterocycles. The Morgan fingerprint density at radius 1 is 0.935 bits per heavy atom. The van der Waals surface area contributed by atoms with E-state index < -0.39 is 0 Å². The molecular weight excluding hydrogens is 396 g/mol. The largest absolute Gasteiger partial charge is 0.497 e. The molecule has 0 radical (unpaired) electrons. The molecule has 0 atom stereocenters. The number of nitrogens with zero attached hydrogens (tertiary/aromatic N) is 3. The molecule has 1 N–H and O–H groups in total. The van der Waals surface area contributed by atoms with Gasteiger partial charge in [0.05, 0.1) is 32.2 Å². The highest BCUT2D eigenvalue weighted by Gasteiger charge is 2.18. The summed E-state index contributed by atoms with van der Waals surface area (Å²) in [4.78, 5) is 24.9. The first kappa shape index (κ1) is 21.0. The number of aromatic amines is 1. The van der Waals surface area contributed by atoms with Crippen molar-refractivity contribution in [3.8, 4) is 17.2 Å². The van der Waals surface area contributed by atoms with Crippen molar-refractivity contribution >= 4 is 16.6 Å². The van der Waals surface area contributed by atoms with Crippen molar-refractivity contribution in [2.75, 3.05) is 59.0 Å². The van der Waals surface area contributed by atoms with Gasteiger partial charge in [-0.15, -0.1) is 0 Å². The van der Waals surface area contributed by atoms with Crippen LogP contribution in [0.3, 0.4) is 0 Å². The predicted octanol–water partition coefficient (Wildman–Crippen LogP) is 2.31. The van der Waals surface area contributed by atoms with Crippen LogP contribution >= 0.6 is 0 Å². The number of ether oxygens (including phenoxy) is 3. The molecule has 31 heavy (non-hydrogen) atoms. The van der Waals surface area contributed by atoms with Crippen LogP contribution in [-0.2, 0) is 6.42 Å². The highest BCUT2D eigenvalue weighted by molar-refractivity contribution is 5.81. The van der Waals surface area contributed by atoms with Crippen LogP contribution in [0.25, 0.3) is 10.9 Å². The molecule has 1 saturated heterocycles. The third-order valence-corrected chi connectivity index (χ3v) is 5.73. The maximum Gasteiger partial charge on any atom is 0.258 e. The van der Waals surface area contributed by atoms with Gasteiger partial charge in [-0.25, -0.2) is 4.98 Å². The van der Waals surface area contributed by atoms with Crippen molar-refractivity contribution in [2.45, 2.75) is 6.42 Å². The van der Waals surface area contributed by atoms with E-state index in [4.69, 9.17) is 14.2 Å². The molecule has 0 spiro atoms. The summed E-state index contributed by atoms with van der Waals surface area (Å²) in [6.07, 6.45) is 0.683. The number of aromatic nitrogens is 2. The van der Waals surface area contributed by atoms with Crippen LogP contribution in [-0.4, -0.2) is 68.9 Å². The second kappa shape index (κ2) is 9.26. The number of hydrogen-bond donors (Lipinski definition) is 1. The van der Waals surface area contributed by atoms with Gasteiger partial charge in [0.2, 0.25) is 0 Å². The number of hydrogen-bond acceptors (Lipinski definition) is 7. The zero-order valence-corrected chi connectivity index (χ0v) is 18.2. The van der Waals surface area contributed by atoms with Crippen molar-refractivity contribution in [3.05, 3.63) is 52.6 Å². The van der Waals surface area contributed by atoms with Crippen LogP contribution in [0.2, 0.25) is 0 Å². The molecule has 0 unspecified atom stereocenters. The van der Waals surface area contributed by atoms with E-state index in [-0.39, 0.29) is 5.56 Å². The van der Waals surface area contributed by atoms with E-state index >= 15 is 0 Å². The number of anilines is 1. The van der Waals surface area contributed by atoms with E-state index in [2.05, 4.69) is 31.9 Å². The number of nitrogens with one attached hydrogen (secondary N) is 1. The summed E-state index contributed by atoms with van der Waals surface area (Å²) in [5.41, 5.74) is 1.66. The van der Waals surface area contributed by atoms with E-state index in [1.165, 1.54) is 5.69 Å². The van der Waals surface area contributed by atoms with Crippen molar-refractivity contribution in [1.29, 1.82) is 0 Å². The van der Waals surface area contributed by atoms with Crippen LogP contribution in [0.1, 0.15) is 5.82 Å². The Kier molecular flexibility index (Phi) is 6.27. The summed E-state index contributed by atoms with van der Waals surface area (Å²) in [7, 11) is 4.80. The smallest absolute Gasteiger partial charge is 0.258 e. The van der Waals surface area contributed by atoms with Gasteiger partial charge in [0, 0.05) is 50.9 Å². The average Bonchev–Trinajstić information content (AvgIpc) is 2.82. The van der Waals surface area contributed by atoms with E-state index in [1.807, 2.05) is 12.1 Å². The van der Waals surface area contributed by atoms with Crippen LogP contribution in [0.15, 0.2) is 41.2 Å². The van der Waals surface area contributed by atoms with E-state index in [1.54, 1.807) is 33.5 Å². The first-order valence-corrected chi connectivity index (χ1v) is 10.4. The fourth-order valence-electron chi connectivity index (χ4n) is 3.92. The summed E-state index contributed by atoms with van der Waals surface area (Å²) in [6, 6.07) is 11.6. The van der Waals surface area contributed by atoms with Gasteiger partial charge in [-0.3, -0.25) is 9.69 Å². The molecule has 0 saturated carbocycles. The molecule has 3 aromatic rings. The molecule has 1 aliphatic rings. The fraction of sp³-hybridized carbons (Fsp3) is 0.391. The van der Waals surface area contributed by atoms with Gasteiger partial charge < -0.3 is 24.1 Å². The average molecular weight is 425 g/mol. The second-order valence-electron chi connectivity index (χ2n) is 7.51. The summed E-state index contributed by atoms with van der Waals surface area (Å²) in [5.74, 6) is 2.64. The minimum absolute atomic E-state index is 0.162. The number of piperazine rings is 1. The summed E-state index contributed by atoms with van der Waals surface area (Å²) < 4.78 is 15.9. The minimum atomic E-state index is -0.162. The van der Waals surface area contributed by atoms with Crippen molar-refractivity contribution in [2.24, 2.45) is 0 Å². The second-order valence-corrected chi connectivity index (χ2v) is 7.51. The highest BCUT2D eigenvalue weighted by atomic mass is 16.5. The molecule has 8 heteroatoms. The topological polar surface area (TPSA) is 79.9 Å². The maximum atomic E-state index is 12.5. The highest BCUT2D eigenvalue weighted by Crippen LogP contribution is 2.30. The SMILES string of the molecule is COc1ccc(N2CCN(CCc3nc4cc(OC)c(OC)cc4c(=O)[nH]3)CC2)cc1. The van der Waals surface area contributed by atoms with Crippen LogP contribution in [0, 0.1) is 0 Å². The summed E-state index contributed by atoms with van der Waals surface area (Å²) in [5, 5.41) is 0.495. The van der Waals surface area contributed by atoms with Crippen molar-refractivity contribution in [3.63, 3.8) is 0 Å². The lowest BCUT2D eigenvalue weighted by Gasteiger charge is -2.36. The van der Waals surface area contributed by atoms with Gasteiger partial charge in [-0.1, -0.05) is 0 Å². The number of methoxy groups -OCH3 is 3. The van der Waals surface area contributed by atoms with E-state index in [0.29, 0.717) is 34.6 Å². The Labute approximate surface area is 181 Å². The van der Waals surface area contributed by atoms with E-state index in [0.717, 1.165) is 38.5 Å². The lowest BCUT2D eigenvalue weighted by atomic mass is 10.2. The number of rotatable bonds is 7. The fourth-order valence-corrected chi connectivity index (χ4v) is 3.92. The molecule has 1 fully saturated rings. The van der Waals surface area contributed by atoms with Gasteiger partial charge in [0.1, 0.15) is 11.6 Å². The summed E-state index contributed by atoms with van der Waals surface area (Å²) in [6.45, 7) is 4.71. The number of fused-ring (bicyclic) bond motifs is 1. The van der Waals surface area contributed by atoms with Crippen molar-refractivity contribution < 1.29 is 14.2 Å². The normalized spacial score (nSPS) is 14.6. The standard InChI is InChI=1S/C23H28N4O4/c1-29-17-6-4-16(5-7-17)27-12-10-26(11-13-27)9-8-22-24-19-15-21(31-3)20(30-2)14-18(19)23(28)25-22/h4-7,14-15H,8-13H2,1-3H3,(H,24,25,28). The first-order chi connectivity index (χ1) is 15.1. The Morgan fingerprint density at radius 3 is 2.26 bits per heavy atom. The minimum Gasteiger partial charge on any atom is -0.497 e. The molecule has 164 valence electrons. The van der Waals surface area contributed by atoms with Gasteiger partial charge in [-0.05, 0) is 30.3 Å². The van der Waals surface area contributed by atoms with Gasteiger partial charge in [0.25, 0.3) is 5.56 Å². The quantitative estimate of drug-likeness (QED) is 0.623. The van der Waals surface area contributed by atoms with Gasteiger partial charge in [0.15, 0.2) is 11.5 Å². The third-order valence-electron chi connectivity index (χ3n) is 5.73. The molecule has 0 aliphatic carbocycles. The molecule has 0 amide bonds. The van der Waals surface area contributed by atoms with Gasteiger partial charge in [-0.2, -0.15) is 0 Å². The van der Waals surface area contributed by atoms with Crippen molar-refractivity contribution in [1.82, 2.24) is 14.9 Å². The Balaban J connectivity index is 1.38. The molecular formula is C23H28N4O4. The molecule has 0 bridgehead atoms. The molecule has 4 rings (SSSR count). The Bertz CT molecular complexity index is 1090. The predicted molar refractivity (Wildman–Crippen MR) is 121 cm³/mol. The number of benzene rings is 2.